The Labute approximate surface area is 117 Å². The lowest BCUT2D eigenvalue weighted by Crippen LogP contribution is -2.41. The van der Waals surface area contributed by atoms with Gasteiger partial charge in [-0.3, -0.25) is 0 Å². The van der Waals surface area contributed by atoms with Crippen molar-refractivity contribution < 1.29 is 0 Å². The molecule has 3 rings (SSSR count). The highest BCUT2D eigenvalue weighted by molar-refractivity contribution is 5.14. The third kappa shape index (κ3) is 3.58. The van der Waals surface area contributed by atoms with Gasteiger partial charge in [-0.1, -0.05) is 30.3 Å². The average molecular weight is 258 g/mol. The van der Waals surface area contributed by atoms with Crippen LogP contribution in [0.3, 0.4) is 0 Å². The Morgan fingerprint density at radius 2 is 1.84 bits per heavy atom. The van der Waals surface area contributed by atoms with E-state index in [-0.39, 0.29) is 0 Å². The van der Waals surface area contributed by atoms with E-state index < -0.39 is 0 Å². The van der Waals surface area contributed by atoms with Gasteiger partial charge in [0.25, 0.3) is 0 Å². The molecular formula is C17H26N2. The molecule has 1 unspecified atom stereocenters. The number of likely N-dealkylation sites (tertiary alicyclic amines) is 1. The quantitative estimate of drug-likeness (QED) is 0.893. The summed E-state index contributed by atoms with van der Waals surface area (Å²) in [6, 6.07) is 11.7. The zero-order valence-electron chi connectivity index (χ0n) is 11.9. The molecule has 1 atom stereocenters. The fraction of sp³-hybridized carbons (Fsp3) is 0.647. The molecule has 2 nitrogen and oxygen atoms in total. The topological polar surface area (TPSA) is 15.3 Å². The van der Waals surface area contributed by atoms with Gasteiger partial charge in [0.15, 0.2) is 0 Å². The van der Waals surface area contributed by atoms with Gasteiger partial charge >= 0.3 is 0 Å². The molecule has 1 aromatic carbocycles. The minimum absolute atomic E-state index is 0.830. The molecule has 2 aliphatic rings. The number of hydrogen-bond donors (Lipinski definition) is 1. The molecule has 2 saturated heterocycles. The van der Waals surface area contributed by atoms with Crippen LogP contribution in [-0.2, 0) is 6.42 Å². The third-order valence-corrected chi connectivity index (χ3v) is 4.86. The molecule has 0 saturated carbocycles. The molecule has 0 bridgehead atoms. The summed E-state index contributed by atoms with van der Waals surface area (Å²) in [6.45, 7) is 5.08. The van der Waals surface area contributed by atoms with Gasteiger partial charge in [0.05, 0.1) is 0 Å². The zero-order valence-corrected chi connectivity index (χ0v) is 11.9. The Kier molecular flexibility index (Phi) is 4.52. The lowest BCUT2D eigenvalue weighted by atomic mass is 9.88. The van der Waals surface area contributed by atoms with Crippen molar-refractivity contribution in [2.24, 2.45) is 5.92 Å². The van der Waals surface area contributed by atoms with Crippen molar-refractivity contribution in [3.8, 4) is 0 Å². The van der Waals surface area contributed by atoms with Crippen molar-refractivity contribution in [1.29, 1.82) is 0 Å². The minimum Gasteiger partial charge on any atom is -0.314 e. The SMILES string of the molecule is c1ccc(CCN2CCC(C3CCCN3)CC2)cc1. The Morgan fingerprint density at radius 3 is 2.53 bits per heavy atom. The number of nitrogens with zero attached hydrogens (tertiary/aromatic N) is 1. The van der Waals surface area contributed by atoms with Crippen molar-refractivity contribution >= 4 is 0 Å². The third-order valence-electron chi connectivity index (χ3n) is 4.86. The van der Waals surface area contributed by atoms with Gasteiger partial charge in [-0.05, 0) is 63.2 Å². The molecular weight excluding hydrogens is 232 g/mol. The lowest BCUT2D eigenvalue weighted by molar-refractivity contribution is 0.165. The van der Waals surface area contributed by atoms with E-state index in [0.29, 0.717) is 0 Å². The van der Waals surface area contributed by atoms with Crippen LogP contribution < -0.4 is 5.32 Å². The molecule has 2 heterocycles. The second-order valence-corrected chi connectivity index (χ2v) is 6.12. The van der Waals surface area contributed by atoms with Crippen LogP contribution in [0, 0.1) is 5.92 Å². The van der Waals surface area contributed by atoms with Gasteiger partial charge in [0.1, 0.15) is 0 Å². The molecule has 0 radical (unpaired) electrons. The Bertz CT molecular complexity index is 362. The highest BCUT2D eigenvalue weighted by Crippen LogP contribution is 2.25. The molecule has 104 valence electrons. The monoisotopic (exact) mass is 258 g/mol. The number of rotatable bonds is 4. The van der Waals surface area contributed by atoms with E-state index in [9.17, 15) is 0 Å². The van der Waals surface area contributed by atoms with Crippen molar-refractivity contribution in [2.45, 2.75) is 38.1 Å². The summed E-state index contributed by atoms with van der Waals surface area (Å²) >= 11 is 0. The zero-order chi connectivity index (χ0) is 12.9. The van der Waals surface area contributed by atoms with Gasteiger partial charge in [-0.2, -0.15) is 0 Å². The first-order valence-electron chi connectivity index (χ1n) is 7.91. The molecule has 0 aromatic heterocycles. The van der Waals surface area contributed by atoms with Crippen molar-refractivity contribution in [3.05, 3.63) is 35.9 Å². The van der Waals surface area contributed by atoms with E-state index >= 15 is 0 Å². The molecule has 0 aliphatic carbocycles. The van der Waals surface area contributed by atoms with E-state index in [1.165, 1.54) is 63.8 Å². The Hall–Kier alpha value is -0.860. The standard InChI is InChI=1S/C17H26N2/c1-2-5-15(6-3-1)8-12-19-13-9-16(10-14-19)17-7-4-11-18-17/h1-3,5-6,16-18H,4,7-14H2. The van der Waals surface area contributed by atoms with Crippen LogP contribution in [0.15, 0.2) is 30.3 Å². The van der Waals surface area contributed by atoms with E-state index in [1.54, 1.807) is 0 Å². The first kappa shape index (κ1) is 13.1. The molecule has 0 spiro atoms. The molecule has 0 amide bonds. The van der Waals surface area contributed by atoms with Crippen LogP contribution in [0.1, 0.15) is 31.2 Å². The van der Waals surface area contributed by atoms with Crippen LogP contribution in [0.25, 0.3) is 0 Å². The van der Waals surface area contributed by atoms with Gasteiger partial charge in [0.2, 0.25) is 0 Å². The van der Waals surface area contributed by atoms with Gasteiger partial charge in [0, 0.05) is 12.6 Å². The van der Waals surface area contributed by atoms with E-state index in [1.807, 2.05) is 0 Å². The normalized spacial score (nSPS) is 25.8. The number of nitrogens with one attached hydrogen (secondary N) is 1. The number of hydrogen-bond acceptors (Lipinski definition) is 2. The Morgan fingerprint density at radius 1 is 1.05 bits per heavy atom. The summed E-state index contributed by atoms with van der Waals surface area (Å²) in [6.07, 6.45) is 6.79. The minimum atomic E-state index is 0.830. The first-order chi connectivity index (χ1) is 9.42. The molecule has 19 heavy (non-hydrogen) atoms. The summed E-state index contributed by atoms with van der Waals surface area (Å²) in [7, 11) is 0. The van der Waals surface area contributed by atoms with Gasteiger partial charge in [-0.25, -0.2) is 0 Å². The van der Waals surface area contributed by atoms with Crippen molar-refractivity contribution in [1.82, 2.24) is 10.2 Å². The van der Waals surface area contributed by atoms with E-state index in [4.69, 9.17) is 0 Å². The smallest absolute Gasteiger partial charge is 0.00967 e. The predicted molar refractivity (Wildman–Crippen MR) is 80.3 cm³/mol. The van der Waals surface area contributed by atoms with Gasteiger partial charge < -0.3 is 10.2 Å². The van der Waals surface area contributed by atoms with Crippen molar-refractivity contribution in [2.75, 3.05) is 26.2 Å². The number of piperidine rings is 1. The summed E-state index contributed by atoms with van der Waals surface area (Å²) in [5, 5.41) is 3.68. The molecule has 1 N–H and O–H groups in total. The van der Waals surface area contributed by atoms with E-state index in [2.05, 4.69) is 40.5 Å². The van der Waals surface area contributed by atoms with Crippen LogP contribution in [0.5, 0.6) is 0 Å². The molecule has 2 fully saturated rings. The first-order valence-corrected chi connectivity index (χ1v) is 7.91. The maximum Gasteiger partial charge on any atom is 0.00967 e. The Balaban J connectivity index is 1.40. The fourth-order valence-electron chi connectivity index (χ4n) is 3.62. The summed E-state index contributed by atoms with van der Waals surface area (Å²) in [5.41, 5.74) is 1.47. The molecule has 1 aromatic rings. The van der Waals surface area contributed by atoms with E-state index in [0.717, 1.165) is 12.0 Å². The number of benzene rings is 1. The highest BCUT2D eigenvalue weighted by Gasteiger charge is 2.27. The second kappa shape index (κ2) is 6.53. The fourth-order valence-corrected chi connectivity index (χ4v) is 3.62. The summed E-state index contributed by atoms with van der Waals surface area (Å²) in [4.78, 5) is 2.65. The maximum absolute atomic E-state index is 3.68. The largest absolute Gasteiger partial charge is 0.314 e. The maximum atomic E-state index is 3.68. The van der Waals surface area contributed by atoms with Crippen LogP contribution in [0.4, 0.5) is 0 Å². The predicted octanol–water partition coefficient (Wildman–Crippen LogP) is 2.69. The molecule has 2 aliphatic heterocycles. The molecule has 2 heteroatoms. The highest BCUT2D eigenvalue weighted by atomic mass is 15.1. The second-order valence-electron chi connectivity index (χ2n) is 6.12. The summed E-state index contributed by atoms with van der Waals surface area (Å²) in [5.74, 6) is 0.940. The van der Waals surface area contributed by atoms with Crippen LogP contribution >= 0.6 is 0 Å². The van der Waals surface area contributed by atoms with Crippen LogP contribution in [0.2, 0.25) is 0 Å². The van der Waals surface area contributed by atoms with Crippen LogP contribution in [-0.4, -0.2) is 37.1 Å². The lowest BCUT2D eigenvalue weighted by Gasteiger charge is -2.34. The summed E-state index contributed by atoms with van der Waals surface area (Å²) < 4.78 is 0. The van der Waals surface area contributed by atoms with Crippen molar-refractivity contribution in [3.63, 3.8) is 0 Å². The van der Waals surface area contributed by atoms with Gasteiger partial charge in [-0.15, -0.1) is 0 Å². The average Bonchev–Trinajstić information content (AvgIpc) is 3.01.